The predicted octanol–water partition coefficient (Wildman–Crippen LogP) is 1.70. The molecular weight excluding hydrogens is 183 g/mol. The van der Waals surface area contributed by atoms with Crippen LogP contribution >= 0.6 is 0 Å². The van der Waals surface area contributed by atoms with Crippen molar-refractivity contribution < 1.29 is 9.18 Å². The topological polar surface area (TPSA) is 42.0 Å². The second-order valence-electron chi connectivity index (χ2n) is 3.32. The van der Waals surface area contributed by atoms with Gasteiger partial charge in [0.25, 0.3) is 5.91 Å². The minimum absolute atomic E-state index is 0.0706. The van der Waals surface area contributed by atoms with Gasteiger partial charge in [0.05, 0.1) is 0 Å². The van der Waals surface area contributed by atoms with Crippen molar-refractivity contribution in [1.82, 2.24) is 10.3 Å². The third-order valence-corrected chi connectivity index (χ3v) is 1.96. The molecule has 0 spiro atoms. The van der Waals surface area contributed by atoms with Crippen molar-refractivity contribution in [3.8, 4) is 0 Å². The first kappa shape index (κ1) is 10.6. The third-order valence-electron chi connectivity index (χ3n) is 1.96. The summed E-state index contributed by atoms with van der Waals surface area (Å²) in [5.41, 5.74) is 0.632. The highest BCUT2D eigenvalue weighted by molar-refractivity contribution is 5.91. The molecular formula is C10H13FN2O. The first-order chi connectivity index (χ1) is 6.56. The maximum atomic E-state index is 13.4. The maximum Gasteiger partial charge on any atom is 0.269 e. The minimum atomic E-state index is -0.381. The van der Waals surface area contributed by atoms with Gasteiger partial charge in [-0.05, 0) is 5.92 Å². The summed E-state index contributed by atoms with van der Waals surface area (Å²) < 4.78 is 13.4. The molecule has 1 rings (SSSR count). The van der Waals surface area contributed by atoms with E-state index in [0.29, 0.717) is 5.56 Å². The molecule has 0 aromatic carbocycles. The summed E-state index contributed by atoms with van der Waals surface area (Å²) >= 11 is 0. The number of carbonyl (C=O) groups excluding carboxylic acids is 1. The van der Waals surface area contributed by atoms with Crippen LogP contribution in [0.3, 0.4) is 0 Å². The molecule has 14 heavy (non-hydrogen) atoms. The van der Waals surface area contributed by atoms with Crippen LogP contribution in [0, 0.1) is 5.82 Å². The quantitative estimate of drug-likeness (QED) is 0.782. The average molecular weight is 196 g/mol. The second kappa shape index (κ2) is 4.17. The van der Waals surface area contributed by atoms with E-state index in [1.165, 1.54) is 13.2 Å². The van der Waals surface area contributed by atoms with E-state index in [2.05, 4.69) is 10.3 Å². The maximum absolute atomic E-state index is 13.4. The fourth-order valence-electron chi connectivity index (χ4n) is 1.12. The lowest BCUT2D eigenvalue weighted by Crippen LogP contribution is -2.19. The number of nitrogens with zero attached hydrogens (tertiary/aromatic N) is 1. The van der Waals surface area contributed by atoms with Crippen molar-refractivity contribution in [2.45, 2.75) is 19.8 Å². The van der Waals surface area contributed by atoms with Crippen LogP contribution in [0.1, 0.15) is 35.8 Å². The Kier molecular flexibility index (Phi) is 3.17. The van der Waals surface area contributed by atoms with E-state index >= 15 is 0 Å². The van der Waals surface area contributed by atoms with E-state index in [-0.39, 0.29) is 23.3 Å². The Morgan fingerprint density at radius 2 is 2.21 bits per heavy atom. The van der Waals surface area contributed by atoms with E-state index in [4.69, 9.17) is 0 Å². The van der Waals surface area contributed by atoms with E-state index in [9.17, 15) is 9.18 Å². The van der Waals surface area contributed by atoms with E-state index in [1.54, 1.807) is 0 Å². The zero-order valence-electron chi connectivity index (χ0n) is 8.47. The number of hydrogen-bond acceptors (Lipinski definition) is 2. The van der Waals surface area contributed by atoms with Gasteiger partial charge in [-0.2, -0.15) is 0 Å². The van der Waals surface area contributed by atoms with Gasteiger partial charge in [-0.3, -0.25) is 9.78 Å². The van der Waals surface area contributed by atoms with Crippen LogP contribution in [0.2, 0.25) is 0 Å². The van der Waals surface area contributed by atoms with E-state index < -0.39 is 0 Å². The second-order valence-corrected chi connectivity index (χ2v) is 3.32. The Balaban J connectivity index is 3.06. The number of aromatic nitrogens is 1. The Bertz CT molecular complexity index is 350. The largest absolute Gasteiger partial charge is 0.354 e. The van der Waals surface area contributed by atoms with E-state index in [0.717, 1.165) is 6.07 Å². The number of nitrogens with one attached hydrogen (secondary N) is 1. The van der Waals surface area contributed by atoms with Crippen molar-refractivity contribution >= 4 is 5.91 Å². The molecule has 1 heterocycles. The summed E-state index contributed by atoms with van der Waals surface area (Å²) in [6, 6.07) is 1.16. The van der Waals surface area contributed by atoms with Crippen LogP contribution in [0.5, 0.6) is 0 Å². The molecule has 0 aliphatic carbocycles. The summed E-state index contributed by atoms with van der Waals surface area (Å²) in [7, 11) is 1.48. The van der Waals surface area contributed by atoms with Gasteiger partial charge in [0, 0.05) is 24.9 Å². The summed E-state index contributed by atoms with van der Waals surface area (Å²) in [6.07, 6.45) is 1.41. The van der Waals surface area contributed by atoms with Crippen LogP contribution in [0.25, 0.3) is 0 Å². The highest BCUT2D eigenvalue weighted by atomic mass is 19.1. The fraction of sp³-hybridized carbons (Fsp3) is 0.400. The molecule has 0 aliphatic heterocycles. The molecule has 0 fully saturated rings. The Labute approximate surface area is 82.4 Å². The summed E-state index contributed by atoms with van der Waals surface area (Å²) in [6.45, 7) is 3.75. The van der Waals surface area contributed by atoms with Crippen LogP contribution in [-0.4, -0.2) is 17.9 Å². The van der Waals surface area contributed by atoms with Crippen molar-refractivity contribution in [2.24, 2.45) is 0 Å². The normalized spacial score (nSPS) is 10.4. The fourth-order valence-corrected chi connectivity index (χ4v) is 1.12. The molecule has 0 bridgehead atoms. The van der Waals surface area contributed by atoms with Gasteiger partial charge < -0.3 is 5.32 Å². The molecule has 1 aromatic heterocycles. The summed E-state index contributed by atoms with van der Waals surface area (Å²) in [5, 5.41) is 2.39. The van der Waals surface area contributed by atoms with Crippen molar-refractivity contribution in [3.63, 3.8) is 0 Å². The number of carbonyl (C=O) groups is 1. The zero-order chi connectivity index (χ0) is 10.7. The van der Waals surface area contributed by atoms with E-state index in [1.807, 2.05) is 13.8 Å². The number of pyridine rings is 1. The molecule has 4 heteroatoms. The molecule has 0 radical (unpaired) electrons. The van der Waals surface area contributed by atoms with Crippen LogP contribution in [-0.2, 0) is 0 Å². The van der Waals surface area contributed by atoms with Crippen LogP contribution in [0.15, 0.2) is 12.3 Å². The smallest absolute Gasteiger partial charge is 0.269 e. The first-order valence-corrected chi connectivity index (χ1v) is 4.43. The Hall–Kier alpha value is -1.45. The standard InChI is InChI=1S/C10H13FN2O/c1-6(2)7-5-13-9(4-8(7)11)10(14)12-3/h4-6H,1-3H3,(H,12,14). The Morgan fingerprint density at radius 1 is 1.57 bits per heavy atom. The van der Waals surface area contributed by atoms with Gasteiger partial charge in [0.1, 0.15) is 11.5 Å². The van der Waals surface area contributed by atoms with Gasteiger partial charge in [-0.1, -0.05) is 13.8 Å². The van der Waals surface area contributed by atoms with Crippen molar-refractivity contribution in [2.75, 3.05) is 7.05 Å². The number of amides is 1. The minimum Gasteiger partial charge on any atom is -0.354 e. The SMILES string of the molecule is CNC(=O)c1cc(F)c(C(C)C)cn1. The monoisotopic (exact) mass is 196 g/mol. The van der Waals surface area contributed by atoms with Crippen LogP contribution < -0.4 is 5.32 Å². The molecule has 0 saturated heterocycles. The molecule has 0 atom stereocenters. The molecule has 1 N–H and O–H groups in total. The molecule has 1 aromatic rings. The molecule has 3 nitrogen and oxygen atoms in total. The van der Waals surface area contributed by atoms with Crippen molar-refractivity contribution in [1.29, 1.82) is 0 Å². The van der Waals surface area contributed by atoms with Gasteiger partial charge in [0.15, 0.2) is 0 Å². The van der Waals surface area contributed by atoms with Gasteiger partial charge in [0.2, 0.25) is 0 Å². The first-order valence-electron chi connectivity index (χ1n) is 4.43. The number of halogens is 1. The summed E-state index contributed by atoms with van der Waals surface area (Å²) in [4.78, 5) is 15.0. The molecule has 0 saturated carbocycles. The molecule has 76 valence electrons. The Morgan fingerprint density at radius 3 is 2.64 bits per heavy atom. The van der Waals surface area contributed by atoms with Crippen molar-refractivity contribution in [3.05, 3.63) is 29.3 Å². The number of rotatable bonds is 2. The highest BCUT2D eigenvalue weighted by Gasteiger charge is 2.11. The zero-order valence-corrected chi connectivity index (χ0v) is 8.47. The summed E-state index contributed by atoms with van der Waals surface area (Å²) in [5.74, 6) is -0.686. The lowest BCUT2D eigenvalue weighted by Gasteiger charge is -2.07. The lowest BCUT2D eigenvalue weighted by atomic mass is 10.0. The average Bonchev–Trinajstić information content (AvgIpc) is 2.15. The number of hydrogen-bond donors (Lipinski definition) is 1. The third kappa shape index (κ3) is 2.07. The highest BCUT2D eigenvalue weighted by Crippen LogP contribution is 2.17. The van der Waals surface area contributed by atoms with Gasteiger partial charge in [-0.15, -0.1) is 0 Å². The molecule has 0 unspecified atom stereocenters. The predicted molar refractivity (Wildman–Crippen MR) is 51.7 cm³/mol. The van der Waals surface area contributed by atoms with Crippen LogP contribution in [0.4, 0.5) is 4.39 Å². The molecule has 0 aliphatic rings. The lowest BCUT2D eigenvalue weighted by molar-refractivity contribution is 0.0957. The van der Waals surface area contributed by atoms with Gasteiger partial charge >= 0.3 is 0 Å². The van der Waals surface area contributed by atoms with Gasteiger partial charge in [-0.25, -0.2) is 4.39 Å². The molecule has 1 amide bonds.